The van der Waals surface area contributed by atoms with Crippen molar-refractivity contribution in [2.45, 2.75) is 13.3 Å². The van der Waals surface area contributed by atoms with Crippen LogP contribution in [0.5, 0.6) is 0 Å². The summed E-state index contributed by atoms with van der Waals surface area (Å²) in [6, 6.07) is 6.71. The monoisotopic (exact) mass is 319 g/mol. The highest BCUT2D eigenvalue weighted by Gasteiger charge is 2.16. The summed E-state index contributed by atoms with van der Waals surface area (Å²) in [5.41, 5.74) is 0.554. The van der Waals surface area contributed by atoms with Crippen LogP contribution >= 0.6 is 0 Å². The second-order valence-corrected chi connectivity index (χ2v) is 4.94. The molecule has 7 nitrogen and oxygen atoms in total. The van der Waals surface area contributed by atoms with Crippen molar-refractivity contribution in [1.29, 1.82) is 0 Å². The van der Waals surface area contributed by atoms with E-state index >= 15 is 0 Å². The molecular weight excluding hydrogens is 298 g/mol. The molecule has 2 rings (SSSR count). The predicted molar refractivity (Wildman–Crippen MR) is 90.2 cm³/mol. The molecule has 1 aromatic heterocycles. The van der Waals surface area contributed by atoms with Gasteiger partial charge < -0.3 is 19.8 Å². The van der Waals surface area contributed by atoms with Gasteiger partial charge in [0, 0.05) is 25.6 Å². The maximum absolute atomic E-state index is 12.2. The summed E-state index contributed by atoms with van der Waals surface area (Å²) in [5.74, 6) is 0. The number of fused-ring (bicyclic) bond motifs is 1. The Hall–Kier alpha value is -2.54. The standard InChI is InChI=1S/C16H21N3O4/c1-3-8-17-13-11-6-4-5-7-12(11)23-15(20)14(13)19-16(21)18-9-10-22-2/h4-7,17H,3,8-10H2,1-2H3,(H2,18,19,21). The molecule has 0 aliphatic rings. The van der Waals surface area contributed by atoms with E-state index in [1.54, 1.807) is 19.2 Å². The smallest absolute Gasteiger partial charge is 0.362 e. The van der Waals surface area contributed by atoms with Crippen molar-refractivity contribution in [3.8, 4) is 0 Å². The molecule has 0 aliphatic carbocycles. The van der Waals surface area contributed by atoms with Crippen molar-refractivity contribution in [3.05, 3.63) is 34.7 Å². The topological polar surface area (TPSA) is 92.6 Å². The highest BCUT2D eigenvalue weighted by atomic mass is 16.5. The largest absolute Gasteiger partial charge is 0.421 e. The number of amides is 2. The molecule has 7 heteroatoms. The first-order valence-electron chi connectivity index (χ1n) is 7.50. The lowest BCUT2D eigenvalue weighted by atomic mass is 10.2. The third-order valence-corrected chi connectivity index (χ3v) is 3.20. The molecule has 2 amide bonds. The first-order valence-corrected chi connectivity index (χ1v) is 7.50. The molecule has 2 aromatic rings. The summed E-state index contributed by atoms with van der Waals surface area (Å²) in [4.78, 5) is 24.1. The zero-order valence-electron chi connectivity index (χ0n) is 13.3. The van der Waals surface area contributed by atoms with Crippen molar-refractivity contribution in [3.63, 3.8) is 0 Å². The molecular formula is C16H21N3O4. The van der Waals surface area contributed by atoms with Crippen LogP contribution in [0.1, 0.15) is 13.3 Å². The summed E-state index contributed by atoms with van der Waals surface area (Å²) in [6.45, 7) is 3.43. The number of carbonyl (C=O) groups is 1. The molecule has 0 fully saturated rings. The number of hydrogen-bond acceptors (Lipinski definition) is 5. The Labute approximate surface area is 134 Å². The van der Waals surface area contributed by atoms with Gasteiger partial charge in [0.2, 0.25) is 0 Å². The minimum Gasteiger partial charge on any atom is -0.421 e. The van der Waals surface area contributed by atoms with Crippen LogP contribution in [0.25, 0.3) is 11.0 Å². The zero-order valence-corrected chi connectivity index (χ0v) is 13.3. The van der Waals surface area contributed by atoms with Crippen LogP contribution in [0.2, 0.25) is 0 Å². The number of urea groups is 1. The second kappa shape index (κ2) is 8.19. The van der Waals surface area contributed by atoms with E-state index in [1.807, 2.05) is 19.1 Å². The molecule has 0 spiro atoms. The first-order chi connectivity index (χ1) is 11.2. The molecule has 0 saturated heterocycles. The Morgan fingerprint density at radius 1 is 1.22 bits per heavy atom. The molecule has 23 heavy (non-hydrogen) atoms. The second-order valence-electron chi connectivity index (χ2n) is 4.94. The molecule has 1 heterocycles. The van der Waals surface area contributed by atoms with Crippen molar-refractivity contribution < 1.29 is 13.9 Å². The number of benzene rings is 1. The van der Waals surface area contributed by atoms with Crippen molar-refractivity contribution >= 4 is 28.4 Å². The normalized spacial score (nSPS) is 10.5. The van der Waals surface area contributed by atoms with Crippen molar-refractivity contribution in [2.24, 2.45) is 0 Å². The van der Waals surface area contributed by atoms with E-state index in [9.17, 15) is 9.59 Å². The Kier molecular flexibility index (Phi) is 5.99. The highest BCUT2D eigenvalue weighted by molar-refractivity contribution is 6.01. The van der Waals surface area contributed by atoms with Crippen LogP contribution in [0.3, 0.4) is 0 Å². The van der Waals surface area contributed by atoms with E-state index in [4.69, 9.17) is 9.15 Å². The number of nitrogens with one attached hydrogen (secondary N) is 3. The van der Waals surface area contributed by atoms with Gasteiger partial charge in [-0.05, 0) is 18.6 Å². The fourth-order valence-electron chi connectivity index (χ4n) is 2.12. The number of methoxy groups -OCH3 is 1. The summed E-state index contributed by atoms with van der Waals surface area (Å²) in [5, 5.41) is 9.11. The van der Waals surface area contributed by atoms with Gasteiger partial charge in [0.25, 0.3) is 0 Å². The summed E-state index contributed by atoms with van der Waals surface area (Å²) in [6.07, 6.45) is 0.883. The van der Waals surface area contributed by atoms with Gasteiger partial charge in [0.1, 0.15) is 5.58 Å². The van der Waals surface area contributed by atoms with E-state index < -0.39 is 11.7 Å². The Morgan fingerprint density at radius 2 is 2.00 bits per heavy atom. The van der Waals surface area contributed by atoms with Gasteiger partial charge in [-0.3, -0.25) is 5.32 Å². The quantitative estimate of drug-likeness (QED) is 0.538. The average Bonchev–Trinajstić information content (AvgIpc) is 2.55. The maximum atomic E-state index is 12.2. The molecule has 1 aromatic carbocycles. The van der Waals surface area contributed by atoms with Crippen LogP contribution < -0.4 is 21.6 Å². The molecule has 0 atom stereocenters. The molecule has 0 saturated carbocycles. The van der Waals surface area contributed by atoms with Crippen LogP contribution in [-0.4, -0.2) is 32.8 Å². The zero-order chi connectivity index (χ0) is 16.7. The van der Waals surface area contributed by atoms with Crippen LogP contribution in [0.4, 0.5) is 16.2 Å². The third-order valence-electron chi connectivity index (χ3n) is 3.20. The summed E-state index contributed by atoms with van der Waals surface area (Å²) in [7, 11) is 1.55. The van der Waals surface area contributed by atoms with Crippen molar-refractivity contribution in [1.82, 2.24) is 5.32 Å². The summed E-state index contributed by atoms with van der Waals surface area (Å²) >= 11 is 0. The van der Waals surface area contributed by atoms with Crippen LogP contribution in [0, 0.1) is 0 Å². The SMILES string of the molecule is CCCNc1c(NC(=O)NCCOC)c(=O)oc2ccccc12. The van der Waals surface area contributed by atoms with Gasteiger partial charge in [-0.2, -0.15) is 0 Å². The maximum Gasteiger partial charge on any atom is 0.362 e. The Bertz CT molecular complexity index is 727. The lowest BCUT2D eigenvalue weighted by Crippen LogP contribution is -2.33. The molecule has 0 radical (unpaired) electrons. The predicted octanol–water partition coefficient (Wildman–Crippen LogP) is 2.38. The molecule has 0 bridgehead atoms. The van der Waals surface area contributed by atoms with Crippen LogP contribution in [-0.2, 0) is 4.74 Å². The number of rotatable bonds is 7. The molecule has 0 aliphatic heterocycles. The Morgan fingerprint density at radius 3 is 2.74 bits per heavy atom. The highest BCUT2D eigenvalue weighted by Crippen LogP contribution is 2.28. The fraction of sp³-hybridized carbons (Fsp3) is 0.375. The Balaban J connectivity index is 2.34. The minimum absolute atomic E-state index is 0.104. The fourth-order valence-corrected chi connectivity index (χ4v) is 2.12. The molecule has 3 N–H and O–H groups in total. The van der Waals surface area contributed by atoms with Gasteiger partial charge in [-0.25, -0.2) is 9.59 Å². The number of para-hydroxylation sites is 1. The molecule has 0 unspecified atom stereocenters. The summed E-state index contributed by atoms with van der Waals surface area (Å²) < 4.78 is 10.1. The lowest BCUT2D eigenvalue weighted by Gasteiger charge is -2.14. The van der Waals surface area contributed by atoms with Gasteiger partial charge in [0.15, 0.2) is 5.69 Å². The number of hydrogen-bond donors (Lipinski definition) is 3. The van der Waals surface area contributed by atoms with Crippen molar-refractivity contribution in [2.75, 3.05) is 37.4 Å². The third kappa shape index (κ3) is 4.23. The van der Waals surface area contributed by atoms with Crippen LogP contribution in [0.15, 0.2) is 33.5 Å². The molecule has 124 valence electrons. The van der Waals surface area contributed by atoms with Gasteiger partial charge in [-0.15, -0.1) is 0 Å². The van der Waals surface area contributed by atoms with E-state index in [-0.39, 0.29) is 5.69 Å². The van der Waals surface area contributed by atoms with Gasteiger partial charge in [-0.1, -0.05) is 19.1 Å². The van der Waals surface area contributed by atoms with Gasteiger partial charge >= 0.3 is 11.7 Å². The van der Waals surface area contributed by atoms with E-state index in [0.717, 1.165) is 11.8 Å². The van der Waals surface area contributed by atoms with Gasteiger partial charge in [0.05, 0.1) is 12.3 Å². The average molecular weight is 319 g/mol. The number of ether oxygens (including phenoxy) is 1. The number of carbonyl (C=O) groups excluding carboxylic acids is 1. The van der Waals surface area contributed by atoms with E-state index in [2.05, 4.69) is 16.0 Å². The van der Waals surface area contributed by atoms with E-state index in [0.29, 0.717) is 31.0 Å². The first kappa shape index (κ1) is 16.8. The lowest BCUT2D eigenvalue weighted by molar-refractivity contribution is 0.198. The minimum atomic E-state index is -0.593. The number of anilines is 2. The van der Waals surface area contributed by atoms with E-state index in [1.165, 1.54) is 0 Å².